The molecule has 0 fully saturated rings. The molecule has 2 aromatic carbocycles. The Bertz CT molecular complexity index is 1150. The highest BCUT2D eigenvalue weighted by atomic mass is 16.5. The highest BCUT2D eigenvalue weighted by Crippen LogP contribution is 2.17. The summed E-state index contributed by atoms with van der Waals surface area (Å²) < 4.78 is 6.99. The van der Waals surface area contributed by atoms with Crippen LogP contribution in [-0.2, 0) is 28.9 Å². The number of rotatable bonds is 6. The first-order chi connectivity index (χ1) is 14.5. The van der Waals surface area contributed by atoms with Gasteiger partial charge in [0.25, 0.3) is 11.5 Å². The van der Waals surface area contributed by atoms with Gasteiger partial charge >= 0.3 is 5.97 Å². The Kier molecular flexibility index (Phi) is 5.61. The SMILES string of the molecule is C[C@@H](OC(=O)c1ccc2c(=O)n3c(nc2c1)CCC3)C(=O)NCCc1ccccc1. The predicted octanol–water partition coefficient (Wildman–Crippen LogP) is 2.25. The first kappa shape index (κ1) is 19.8. The van der Waals surface area contributed by atoms with Gasteiger partial charge in [-0.2, -0.15) is 0 Å². The molecule has 3 aromatic rings. The maximum absolute atomic E-state index is 12.5. The summed E-state index contributed by atoms with van der Waals surface area (Å²) in [6, 6.07) is 14.5. The zero-order valence-corrected chi connectivity index (χ0v) is 16.8. The summed E-state index contributed by atoms with van der Waals surface area (Å²) in [5, 5.41) is 3.26. The van der Waals surface area contributed by atoms with Crippen molar-refractivity contribution < 1.29 is 14.3 Å². The van der Waals surface area contributed by atoms with E-state index in [-0.39, 0.29) is 17.0 Å². The standard InChI is InChI=1S/C23H23N3O4/c1-15(21(27)24-12-11-16-6-3-2-4-7-16)30-23(29)17-9-10-18-19(14-17)25-20-8-5-13-26(20)22(18)28/h2-4,6-7,9-10,14-15H,5,8,11-13H2,1H3,(H,24,27)/t15-/m1/s1. The number of carbonyl (C=O) groups is 2. The summed E-state index contributed by atoms with van der Waals surface area (Å²) >= 11 is 0. The lowest BCUT2D eigenvalue weighted by Crippen LogP contribution is -2.36. The Morgan fingerprint density at radius 1 is 1.20 bits per heavy atom. The van der Waals surface area contributed by atoms with Gasteiger partial charge in [-0.3, -0.25) is 14.2 Å². The monoisotopic (exact) mass is 405 g/mol. The van der Waals surface area contributed by atoms with Crippen LogP contribution in [0.25, 0.3) is 10.9 Å². The molecule has 7 nitrogen and oxygen atoms in total. The van der Waals surface area contributed by atoms with Crippen LogP contribution < -0.4 is 10.9 Å². The van der Waals surface area contributed by atoms with Crippen LogP contribution in [0.15, 0.2) is 53.3 Å². The van der Waals surface area contributed by atoms with E-state index in [0.717, 1.165) is 24.2 Å². The fraction of sp³-hybridized carbons (Fsp3) is 0.304. The van der Waals surface area contributed by atoms with Crippen molar-refractivity contribution in [3.05, 3.63) is 75.8 Å². The maximum atomic E-state index is 12.5. The first-order valence-corrected chi connectivity index (χ1v) is 10.1. The van der Waals surface area contributed by atoms with Gasteiger partial charge in [0.15, 0.2) is 6.10 Å². The summed E-state index contributed by atoms with van der Waals surface area (Å²) in [6.45, 7) is 2.67. The molecule has 0 bridgehead atoms. The molecule has 0 saturated heterocycles. The van der Waals surface area contributed by atoms with E-state index in [1.165, 1.54) is 13.0 Å². The van der Waals surface area contributed by atoms with Gasteiger partial charge in [-0.1, -0.05) is 30.3 Å². The molecule has 1 aromatic heterocycles. The lowest BCUT2D eigenvalue weighted by Gasteiger charge is -2.14. The number of nitrogens with one attached hydrogen (secondary N) is 1. The first-order valence-electron chi connectivity index (χ1n) is 10.1. The normalized spacial score (nSPS) is 13.6. The van der Waals surface area contributed by atoms with E-state index in [9.17, 15) is 14.4 Å². The maximum Gasteiger partial charge on any atom is 0.338 e. The zero-order chi connectivity index (χ0) is 21.1. The van der Waals surface area contributed by atoms with Crippen molar-refractivity contribution >= 4 is 22.8 Å². The summed E-state index contributed by atoms with van der Waals surface area (Å²) in [7, 11) is 0. The Morgan fingerprint density at radius 3 is 2.80 bits per heavy atom. The van der Waals surface area contributed by atoms with Crippen molar-refractivity contribution in [2.24, 2.45) is 0 Å². The second kappa shape index (κ2) is 8.49. The van der Waals surface area contributed by atoms with Crippen LogP contribution in [0, 0.1) is 0 Å². The van der Waals surface area contributed by atoms with E-state index in [2.05, 4.69) is 10.3 Å². The van der Waals surface area contributed by atoms with Crippen molar-refractivity contribution in [2.45, 2.75) is 38.8 Å². The van der Waals surface area contributed by atoms with Crippen LogP contribution >= 0.6 is 0 Å². The molecule has 2 heterocycles. The minimum Gasteiger partial charge on any atom is -0.449 e. The molecule has 1 aliphatic heterocycles. The number of aromatic nitrogens is 2. The molecular weight excluding hydrogens is 382 g/mol. The van der Waals surface area contributed by atoms with Crippen LogP contribution in [0.3, 0.4) is 0 Å². The number of hydrogen-bond donors (Lipinski definition) is 1. The highest BCUT2D eigenvalue weighted by Gasteiger charge is 2.21. The second-order valence-corrected chi connectivity index (χ2v) is 7.39. The molecule has 0 spiro atoms. The molecular formula is C23H23N3O4. The fourth-order valence-electron chi connectivity index (χ4n) is 3.61. The highest BCUT2D eigenvalue weighted by molar-refractivity contribution is 5.95. The Balaban J connectivity index is 1.39. The molecule has 0 radical (unpaired) electrons. The van der Waals surface area contributed by atoms with Gasteiger partial charge in [0.2, 0.25) is 0 Å². The number of hydrogen-bond acceptors (Lipinski definition) is 5. The third-order valence-corrected chi connectivity index (χ3v) is 5.26. The second-order valence-electron chi connectivity index (χ2n) is 7.39. The third-order valence-electron chi connectivity index (χ3n) is 5.26. The van der Waals surface area contributed by atoms with Crippen LogP contribution in [-0.4, -0.2) is 34.1 Å². The lowest BCUT2D eigenvalue weighted by atomic mass is 10.1. The number of nitrogens with zero attached hydrogens (tertiary/aromatic N) is 2. The Labute approximate surface area is 173 Å². The fourth-order valence-corrected chi connectivity index (χ4v) is 3.61. The smallest absolute Gasteiger partial charge is 0.338 e. The minimum absolute atomic E-state index is 0.0846. The van der Waals surface area contributed by atoms with Crippen molar-refractivity contribution in [3.8, 4) is 0 Å². The van der Waals surface area contributed by atoms with Crippen molar-refractivity contribution in [2.75, 3.05) is 6.54 Å². The molecule has 7 heteroatoms. The van der Waals surface area contributed by atoms with Crippen LogP contribution in [0.2, 0.25) is 0 Å². The Morgan fingerprint density at radius 2 is 2.00 bits per heavy atom. The summed E-state index contributed by atoms with van der Waals surface area (Å²) in [6.07, 6.45) is 1.41. The molecule has 30 heavy (non-hydrogen) atoms. The largest absolute Gasteiger partial charge is 0.449 e. The number of benzene rings is 2. The molecule has 1 atom stereocenters. The van der Waals surface area contributed by atoms with Gasteiger partial charge in [0, 0.05) is 19.5 Å². The molecule has 154 valence electrons. The number of aryl methyl sites for hydroxylation is 1. The number of amides is 1. The van der Waals surface area contributed by atoms with Gasteiger partial charge < -0.3 is 10.1 Å². The lowest BCUT2D eigenvalue weighted by molar-refractivity contribution is -0.129. The quantitative estimate of drug-likeness (QED) is 0.636. The van der Waals surface area contributed by atoms with E-state index in [4.69, 9.17) is 4.74 Å². The van der Waals surface area contributed by atoms with Crippen molar-refractivity contribution in [1.29, 1.82) is 0 Å². The summed E-state index contributed by atoms with van der Waals surface area (Å²) in [5.41, 5.74) is 1.77. The average Bonchev–Trinajstić information content (AvgIpc) is 3.23. The predicted molar refractivity (Wildman–Crippen MR) is 112 cm³/mol. The molecule has 0 aliphatic carbocycles. The van der Waals surface area contributed by atoms with Gasteiger partial charge in [-0.25, -0.2) is 9.78 Å². The minimum atomic E-state index is -0.928. The number of carbonyl (C=O) groups excluding carboxylic acids is 2. The van der Waals surface area contributed by atoms with Gasteiger partial charge in [-0.05, 0) is 43.5 Å². The van der Waals surface area contributed by atoms with E-state index in [1.807, 2.05) is 30.3 Å². The number of fused-ring (bicyclic) bond motifs is 2. The van der Waals surface area contributed by atoms with Gasteiger partial charge in [-0.15, -0.1) is 0 Å². The van der Waals surface area contributed by atoms with Gasteiger partial charge in [0.1, 0.15) is 5.82 Å². The third kappa shape index (κ3) is 4.10. The molecule has 0 unspecified atom stereocenters. The van der Waals surface area contributed by atoms with E-state index in [1.54, 1.807) is 16.7 Å². The zero-order valence-electron chi connectivity index (χ0n) is 16.8. The van der Waals surface area contributed by atoms with Crippen LogP contribution in [0.4, 0.5) is 0 Å². The van der Waals surface area contributed by atoms with Crippen LogP contribution in [0.1, 0.15) is 35.1 Å². The van der Waals surface area contributed by atoms with Crippen molar-refractivity contribution in [1.82, 2.24) is 14.9 Å². The average molecular weight is 405 g/mol. The topological polar surface area (TPSA) is 90.3 Å². The molecule has 4 rings (SSSR count). The van der Waals surface area contributed by atoms with Crippen molar-refractivity contribution in [3.63, 3.8) is 0 Å². The summed E-state index contributed by atoms with van der Waals surface area (Å²) in [5.74, 6) is -0.233. The van der Waals surface area contributed by atoms with E-state index < -0.39 is 12.1 Å². The summed E-state index contributed by atoms with van der Waals surface area (Å²) in [4.78, 5) is 41.8. The number of ether oxygens (including phenoxy) is 1. The Hall–Kier alpha value is -3.48. The van der Waals surface area contributed by atoms with E-state index >= 15 is 0 Å². The number of esters is 1. The molecule has 1 N–H and O–H groups in total. The molecule has 1 amide bonds. The molecule has 1 aliphatic rings. The van der Waals surface area contributed by atoms with Crippen LogP contribution in [0.5, 0.6) is 0 Å². The molecule has 0 saturated carbocycles. The van der Waals surface area contributed by atoms with E-state index in [0.29, 0.717) is 30.4 Å². The van der Waals surface area contributed by atoms with Gasteiger partial charge in [0.05, 0.1) is 16.5 Å².